The Kier molecular flexibility index (Phi) is 9.96. The van der Waals surface area contributed by atoms with Crippen molar-refractivity contribution in [3.05, 3.63) is 279 Å². The van der Waals surface area contributed by atoms with Crippen molar-refractivity contribution >= 4 is 64.6 Å². The minimum Gasteiger partial charge on any atom is -0.0616 e. The summed E-state index contributed by atoms with van der Waals surface area (Å²) in [6.45, 7) is 0. The van der Waals surface area contributed by atoms with Crippen molar-refractivity contribution < 1.29 is 0 Å². The predicted molar refractivity (Wildman–Crippen MR) is 310 cm³/mol. The van der Waals surface area contributed by atoms with Gasteiger partial charge in [0.15, 0.2) is 0 Å². The Balaban J connectivity index is 1.04. The SMILES string of the molecule is c1ccc2cc(-c3cc(-c4cc(-c5cc(-c6ccc7ccccc7c6)cc(-c6ccc7ccccc7c6)c5)cc(-c5cc6ccccc6c6ccccc56)c4)cc(-c4ccc5ccccc5c4)c3)ccc2c1. The van der Waals surface area contributed by atoms with E-state index >= 15 is 0 Å². The molecule has 0 aromatic heterocycles. The molecule has 0 fully saturated rings. The number of hydrogen-bond donors (Lipinski definition) is 0. The molecule has 0 bridgehead atoms. The average molecular weight is 911 g/mol. The first kappa shape index (κ1) is 41.6. The van der Waals surface area contributed by atoms with Gasteiger partial charge in [0.2, 0.25) is 0 Å². The molecule has 0 aliphatic heterocycles. The van der Waals surface area contributed by atoms with Gasteiger partial charge in [0.25, 0.3) is 0 Å². The first-order valence-electron chi connectivity index (χ1n) is 24.9. The highest BCUT2D eigenvalue weighted by molar-refractivity contribution is 6.14. The van der Waals surface area contributed by atoms with E-state index in [1.54, 1.807) is 0 Å². The molecule has 0 heteroatoms. The van der Waals surface area contributed by atoms with Gasteiger partial charge < -0.3 is 0 Å². The third-order valence-corrected chi connectivity index (χ3v) is 14.9. The van der Waals surface area contributed by atoms with Crippen molar-refractivity contribution in [1.29, 1.82) is 0 Å². The Labute approximate surface area is 419 Å². The first-order chi connectivity index (χ1) is 35.6. The molecular formula is C72H46. The summed E-state index contributed by atoms with van der Waals surface area (Å²) in [5.41, 5.74) is 16.5. The van der Waals surface area contributed by atoms with Crippen LogP contribution in [0.1, 0.15) is 0 Å². The maximum atomic E-state index is 2.43. The van der Waals surface area contributed by atoms with Crippen LogP contribution in [0.2, 0.25) is 0 Å². The molecule has 14 rings (SSSR count). The summed E-state index contributed by atoms with van der Waals surface area (Å²) in [6.07, 6.45) is 0. The molecule has 0 atom stereocenters. The van der Waals surface area contributed by atoms with Crippen molar-refractivity contribution in [3.63, 3.8) is 0 Å². The van der Waals surface area contributed by atoms with E-state index in [1.165, 1.54) is 120 Å². The number of rotatable bonds is 7. The van der Waals surface area contributed by atoms with E-state index in [0.717, 1.165) is 22.3 Å². The summed E-state index contributed by atoms with van der Waals surface area (Å²) in [5, 5.41) is 14.9. The fraction of sp³-hybridized carbons (Fsp3) is 0. The molecule has 14 aromatic carbocycles. The van der Waals surface area contributed by atoms with Gasteiger partial charge in [0, 0.05) is 0 Å². The Morgan fingerprint density at radius 2 is 0.375 bits per heavy atom. The lowest BCUT2D eigenvalue weighted by atomic mass is 9.86. The van der Waals surface area contributed by atoms with E-state index in [-0.39, 0.29) is 0 Å². The van der Waals surface area contributed by atoms with Gasteiger partial charge in [-0.3, -0.25) is 0 Å². The normalized spacial score (nSPS) is 11.6. The maximum Gasteiger partial charge on any atom is -0.00986 e. The summed E-state index contributed by atoms with van der Waals surface area (Å²) < 4.78 is 0. The number of fused-ring (bicyclic) bond motifs is 7. The Bertz CT molecular complexity index is 4040. The highest BCUT2D eigenvalue weighted by atomic mass is 14.2. The van der Waals surface area contributed by atoms with Crippen LogP contribution in [0.5, 0.6) is 0 Å². The Hall–Kier alpha value is -9.36. The van der Waals surface area contributed by atoms with Crippen LogP contribution in [0.25, 0.3) is 143 Å². The van der Waals surface area contributed by atoms with Crippen LogP contribution in [-0.4, -0.2) is 0 Å². The van der Waals surface area contributed by atoms with Crippen LogP contribution >= 0.6 is 0 Å². The van der Waals surface area contributed by atoms with Gasteiger partial charge in [-0.05, 0) is 227 Å². The molecule has 0 heterocycles. The van der Waals surface area contributed by atoms with E-state index in [9.17, 15) is 0 Å². The highest BCUT2D eigenvalue weighted by Gasteiger charge is 2.17. The van der Waals surface area contributed by atoms with E-state index in [0.29, 0.717) is 0 Å². The quantitative estimate of drug-likeness (QED) is 0.140. The molecule has 14 aromatic rings. The molecule has 0 N–H and O–H groups in total. The molecule has 0 aliphatic rings. The Morgan fingerprint density at radius 1 is 0.125 bits per heavy atom. The second-order valence-electron chi connectivity index (χ2n) is 19.3. The smallest absolute Gasteiger partial charge is 0.00986 e. The minimum absolute atomic E-state index is 1.16. The van der Waals surface area contributed by atoms with Gasteiger partial charge in [-0.15, -0.1) is 0 Å². The van der Waals surface area contributed by atoms with Crippen LogP contribution in [0.3, 0.4) is 0 Å². The second-order valence-corrected chi connectivity index (χ2v) is 19.3. The van der Waals surface area contributed by atoms with E-state index in [1.807, 2.05) is 0 Å². The average Bonchev–Trinajstić information content (AvgIpc) is 3.46. The summed E-state index contributed by atoms with van der Waals surface area (Å²) in [6, 6.07) is 104. The molecule has 72 heavy (non-hydrogen) atoms. The van der Waals surface area contributed by atoms with Crippen molar-refractivity contribution in [2.75, 3.05) is 0 Å². The molecule has 0 saturated carbocycles. The fourth-order valence-electron chi connectivity index (χ4n) is 11.1. The van der Waals surface area contributed by atoms with Gasteiger partial charge >= 0.3 is 0 Å². The zero-order valence-corrected chi connectivity index (χ0v) is 39.6. The summed E-state index contributed by atoms with van der Waals surface area (Å²) in [4.78, 5) is 0. The molecule has 0 saturated heterocycles. The summed E-state index contributed by atoms with van der Waals surface area (Å²) in [5.74, 6) is 0. The zero-order chi connectivity index (χ0) is 47.5. The monoisotopic (exact) mass is 910 g/mol. The zero-order valence-electron chi connectivity index (χ0n) is 39.6. The lowest BCUT2D eigenvalue weighted by molar-refractivity contribution is 1.55. The predicted octanol–water partition coefficient (Wildman–Crippen LogP) is 20.3. The summed E-state index contributed by atoms with van der Waals surface area (Å²) in [7, 11) is 0. The number of benzene rings is 14. The van der Waals surface area contributed by atoms with E-state index in [2.05, 4.69) is 279 Å². The van der Waals surface area contributed by atoms with Crippen LogP contribution < -0.4 is 0 Å². The molecule has 0 aliphatic carbocycles. The van der Waals surface area contributed by atoms with Crippen molar-refractivity contribution in [2.24, 2.45) is 0 Å². The number of hydrogen-bond acceptors (Lipinski definition) is 0. The van der Waals surface area contributed by atoms with Crippen LogP contribution in [0.4, 0.5) is 0 Å². The topological polar surface area (TPSA) is 0 Å². The third kappa shape index (κ3) is 7.58. The third-order valence-electron chi connectivity index (χ3n) is 14.9. The second kappa shape index (κ2) is 17.2. The van der Waals surface area contributed by atoms with Gasteiger partial charge in [0.1, 0.15) is 0 Å². The fourth-order valence-corrected chi connectivity index (χ4v) is 11.1. The standard InChI is InChI=1S/C72H46/c1-5-17-51-33-55(29-25-47(51)13-1)60-37-61(56-30-26-48-14-2-6-18-52(48)34-56)40-64(39-60)66-43-67(45-68(44-66)72-46-59-21-9-10-22-69(59)70-23-11-12-24-71(70)72)65-41-62(57-31-27-49-15-3-7-19-53(49)35-57)38-63(42-65)58-32-28-50-16-4-8-20-54(50)36-58/h1-46H. The molecule has 0 radical (unpaired) electrons. The molecular weight excluding hydrogens is 865 g/mol. The van der Waals surface area contributed by atoms with Crippen molar-refractivity contribution in [2.45, 2.75) is 0 Å². The molecule has 0 amide bonds. The molecule has 0 spiro atoms. The van der Waals surface area contributed by atoms with Crippen molar-refractivity contribution in [1.82, 2.24) is 0 Å². The maximum absolute atomic E-state index is 2.43. The van der Waals surface area contributed by atoms with Crippen molar-refractivity contribution in [3.8, 4) is 77.9 Å². The largest absolute Gasteiger partial charge is 0.0616 e. The summed E-state index contributed by atoms with van der Waals surface area (Å²) >= 11 is 0. The minimum atomic E-state index is 1.16. The van der Waals surface area contributed by atoms with Crippen LogP contribution in [0.15, 0.2) is 279 Å². The molecule has 334 valence electrons. The Morgan fingerprint density at radius 3 is 0.722 bits per heavy atom. The van der Waals surface area contributed by atoms with Gasteiger partial charge in [-0.1, -0.05) is 194 Å². The van der Waals surface area contributed by atoms with Gasteiger partial charge in [-0.2, -0.15) is 0 Å². The molecule has 0 nitrogen and oxygen atoms in total. The molecule has 0 unspecified atom stereocenters. The van der Waals surface area contributed by atoms with E-state index < -0.39 is 0 Å². The first-order valence-corrected chi connectivity index (χ1v) is 24.9. The van der Waals surface area contributed by atoms with Gasteiger partial charge in [-0.25, -0.2) is 0 Å². The van der Waals surface area contributed by atoms with E-state index in [4.69, 9.17) is 0 Å². The van der Waals surface area contributed by atoms with Gasteiger partial charge in [0.05, 0.1) is 0 Å². The van der Waals surface area contributed by atoms with Crippen LogP contribution in [0, 0.1) is 0 Å². The lowest BCUT2D eigenvalue weighted by Crippen LogP contribution is -1.92. The highest BCUT2D eigenvalue weighted by Crippen LogP contribution is 2.43. The lowest BCUT2D eigenvalue weighted by Gasteiger charge is -2.18. The van der Waals surface area contributed by atoms with Crippen LogP contribution in [-0.2, 0) is 0 Å².